The molecule has 5 nitrogen and oxygen atoms in total. The molecule has 0 bridgehead atoms. The van der Waals surface area contributed by atoms with Crippen LogP contribution in [0.3, 0.4) is 0 Å². The highest BCUT2D eigenvalue weighted by molar-refractivity contribution is 6.00. The van der Waals surface area contributed by atoms with E-state index in [1.807, 2.05) is 39.5 Å². The van der Waals surface area contributed by atoms with Crippen molar-refractivity contribution in [1.29, 1.82) is 0 Å². The van der Waals surface area contributed by atoms with Crippen molar-refractivity contribution >= 4 is 11.8 Å². The molecule has 0 aromatic carbocycles. The molecule has 2 amide bonds. The van der Waals surface area contributed by atoms with Gasteiger partial charge in [0.05, 0.1) is 12.6 Å². The Bertz CT molecular complexity index is 418. The summed E-state index contributed by atoms with van der Waals surface area (Å²) in [6, 6.07) is -0.409. The molecular formula is C16H28N2O3. The van der Waals surface area contributed by atoms with Gasteiger partial charge >= 0.3 is 0 Å². The average Bonchev–Trinajstić information content (AvgIpc) is 2.93. The molecule has 0 aliphatic carbocycles. The van der Waals surface area contributed by atoms with Gasteiger partial charge in [0, 0.05) is 6.61 Å². The van der Waals surface area contributed by atoms with Crippen molar-refractivity contribution in [3.05, 3.63) is 0 Å². The van der Waals surface area contributed by atoms with Gasteiger partial charge in [0.1, 0.15) is 11.6 Å². The minimum Gasteiger partial charge on any atom is -0.379 e. The molecule has 2 saturated heterocycles. The van der Waals surface area contributed by atoms with Gasteiger partial charge in [-0.15, -0.1) is 0 Å². The van der Waals surface area contributed by atoms with Crippen LogP contribution in [-0.4, -0.2) is 47.6 Å². The van der Waals surface area contributed by atoms with Crippen LogP contribution < -0.4 is 5.32 Å². The van der Waals surface area contributed by atoms with Gasteiger partial charge < -0.3 is 15.0 Å². The molecule has 0 spiro atoms. The zero-order valence-corrected chi connectivity index (χ0v) is 13.9. The summed E-state index contributed by atoms with van der Waals surface area (Å²) >= 11 is 0. The van der Waals surface area contributed by atoms with Crippen molar-refractivity contribution in [3.8, 4) is 0 Å². The van der Waals surface area contributed by atoms with Crippen LogP contribution in [0.4, 0.5) is 0 Å². The number of ether oxygens (including phenoxy) is 1. The van der Waals surface area contributed by atoms with Crippen molar-refractivity contribution in [1.82, 2.24) is 10.2 Å². The van der Waals surface area contributed by atoms with Gasteiger partial charge in [0.2, 0.25) is 11.8 Å². The standard InChI is InChI=1S/C16H28N2O3/c1-6-16(7-2)14(20)18(11-8-9-21-10-11)12(13(19)17-16)15(3,4)5/h11-12H,6-10H2,1-5H3,(H,17,19). The van der Waals surface area contributed by atoms with Crippen molar-refractivity contribution in [2.75, 3.05) is 13.2 Å². The Morgan fingerprint density at radius 3 is 2.33 bits per heavy atom. The van der Waals surface area contributed by atoms with Gasteiger partial charge in [0.15, 0.2) is 0 Å². The molecule has 2 aliphatic rings. The summed E-state index contributed by atoms with van der Waals surface area (Å²) in [6.07, 6.45) is 2.05. The number of nitrogens with one attached hydrogen (secondary N) is 1. The lowest BCUT2D eigenvalue weighted by Crippen LogP contribution is -2.74. The number of hydrogen-bond acceptors (Lipinski definition) is 3. The summed E-state index contributed by atoms with van der Waals surface area (Å²) in [7, 11) is 0. The van der Waals surface area contributed by atoms with Gasteiger partial charge in [-0.05, 0) is 24.7 Å². The third-order valence-electron chi connectivity index (χ3n) is 4.86. The van der Waals surface area contributed by atoms with E-state index in [0.717, 1.165) is 6.42 Å². The summed E-state index contributed by atoms with van der Waals surface area (Å²) in [4.78, 5) is 27.7. The average molecular weight is 296 g/mol. The SMILES string of the molecule is CCC1(CC)NC(=O)C(C(C)(C)C)N(C2CCOC2)C1=O. The lowest BCUT2D eigenvalue weighted by molar-refractivity contribution is -0.163. The molecule has 0 radical (unpaired) electrons. The Morgan fingerprint density at radius 2 is 1.90 bits per heavy atom. The second-order valence-corrected chi connectivity index (χ2v) is 7.28. The van der Waals surface area contributed by atoms with Crippen LogP contribution in [-0.2, 0) is 14.3 Å². The normalized spacial score (nSPS) is 29.7. The van der Waals surface area contributed by atoms with Crippen LogP contribution in [0.5, 0.6) is 0 Å². The zero-order chi connectivity index (χ0) is 15.8. The van der Waals surface area contributed by atoms with Crippen molar-refractivity contribution < 1.29 is 14.3 Å². The number of hydrogen-bond donors (Lipinski definition) is 1. The molecule has 21 heavy (non-hydrogen) atoms. The Balaban J connectivity index is 2.44. The van der Waals surface area contributed by atoms with E-state index < -0.39 is 11.6 Å². The molecule has 120 valence electrons. The largest absolute Gasteiger partial charge is 0.379 e. The minimum absolute atomic E-state index is 0.0187. The second kappa shape index (κ2) is 5.59. The fourth-order valence-electron chi connectivity index (χ4n) is 3.51. The molecule has 2 unspecified atom stereocenters. The first-order chi connectivity index (χ1) is 9.77. The highest BCUT2D eigenvalue weighted by Crippen LogP contribution is 2.35. The van der Waals surface area contributed by atoms with E-state index in [2.05, 4.69) is 5.32 Å². The fourth-order valence-corrected chi connectivity index (χ4v) is 3.51. The maximum absolute atomic E-state index is 13.2. The third-order valence-corrected chi connectivity index (χ3v) is 4.86. The Labute approximate surface area is 127 Å². The molecule has 0 aromatic heterocycles. The number of amides is 2. The molecular weight excluding hydrogens is 268 g/mol. The van der Waals surface area contributed by atoms with E-state index in [1.165, 1.54) is 0 Å². The highest BCUT2D eigenvalue weighted by atomic mass is 16.5. The molecule has 0 saturated carbocycles. The topological polar surface area (TPSA) is 58.6 Å². The maximum Gasteiger partial charge on any atom is 0.249 e. The number of nitrogens with zero attached hydrogens (tertiary/aromatic N) is 1. The van der Waals surface area contributed by atoms with Gasteiger partial charge in [0.25, 0.3) is 0 Å². The summed E-state index contributed by atoms with van der Waals surface area (Å²) in [5.74, 6) is 0.0280. The summed E-state index contributed by atoms with van der Waals surface area (Å²) in [6.45, 7) is 11.2. The van der Waals surface area contributed by atoms with Crippen molar-refractivity contribution in [2.45, 2.75) is 71.5 Å². The van der Waals surface area contributed by atoms with Crippen molar-refractivity contribution in [2.24, 2.45) is 5.41 Å². The Kier molecular flexibility index (Phi) is 4.34. The minimum atomic E-state index is -0.749. The lowest BCUT2D eigenvalue weighted by atomic mass is 9.78. The Hall–Kier alpha value is -1.10. The van der Waals surface area contributed by atoms with Crippen LogP contribution in [0.1, 0.15) is 53.9 Å². The number of carbonyl (C=O) groups excluding carboxylic acids is 2. The highest BCUT2D eigenvalue weighted by Gasteiger charge is 2.54. The van der Waals surface area contributed by atoms with Crippen molar-refractivity contribution in [3.63, 3.8) is 0 Å². The molecule has 2 atom stereocenters. The molecule has 2 heterocycles. The first-order valence-corrected chi connectivity index (χ1v) is 7.99. The molecule has 5 heteroatoms. The molecule has 2 rings (SSSR count). The summed E-state index contributed by atoms with van der Waals surface area (Å²) < 4.78 is 5.46. The van der Waals surface area contributed by atoms with Crippen LogP contribution in [0, 0.1) is 5.41 Å². The number of rotatable bonds is 3. The van der Waals surface area contributed by atoms with E-state index in [-0.39, 0.29) is 23.3 Å². The van der Waals surface area contributed by atoms with Gasteiger partial charge in [-0.3, -0.25) is 9.59 Å². The second-order valence-electron chi connectivity index (χ2n) is 7.28. The lowest BCUT2D eigenvalue weighted by Gasteiger charge is -2.51. The summed E-state index contributed by atoms with van der Waals surface area (Å²) in [5.41, 5.74) is -1.04. The smallest absolute Gasteiger partial charge is 0.249 e. The van der Waals surface area contributed by atoms with Gasteiger partial charge in [-0.2, -0.15) is 0 Å². The summed E-state index contributed by atoms with van der Waals surface area (Å²) in [5, 5.41) is 3.02. The monoisotopic (exact) mass is 296 g/mol. The van der Waals surface area contributed by atoms with Crippen LogP contribution in [0.2, 0.25) is 0 Å². The molecule has 0 aromatic rings. The fraction of sp³-hybridized carbons (Fsp3) is 0.875. The van der Waals surface area contributed by atoms with E-state index in [4.69, 9.17) is 4.74 Å². The predicted molar refractivity (Wildman–Crippen MR) is 80.8 cm³/mol. The van der Waals surface area contributed by atoms with Gasteiger partial charge in [-0.1, -0.05) is 34.6 Å². The maximum atomic E-state index is 13.2. The quantitative estimate of drug-likeness (QED) is 0.862. The van der Waals surface area contributed by atoms with E-state index in [1.54, 1.807) is 0 Å². The molecule has 2 aliphatic heterocycles. The van der Waals surface area contributed by atoms with E-state index in [9.17, 15) is 9.59 Å². The zero-order valence-electron chi connectivity index (χ0n) is 13.9. The van der Waals surface area contributed by atoms with Crippen LogP contribution in [0.25, 0.3) is 0 Å². The Morgan fingerprint density at radius 1 is 1.29 bits per heavy atom. The predicted octanol–water partition coefficient (Wildman–Crippen LogP) is 1.71. The van der Waals surface area contributed by atoms with Crippen LogP contribution >= 0.6 is 0 Å². The van der Waals surface area contributed by atoms with E-state index >= 15 is 0 Å². The van der Waals surface area contributed by atoms with Crippen LogP contribution in [0.15, 0.2) is 0 Å². The molecule has 1 N–H and O–H groups in total. The number of piperazine rings is 1. The number of carbonyl (C=O) groups is 2. The third kappa shape index (κ3) is 2.68. The van der Waals surface area contributed by atoms with Gasteiger partial charge in [-0.25, -0.2) is 0 Å². The van der Waals surface area contributed by atoms with E-state index in [0.29, 0.717) is 26.1 Å². The first kappa shape index (κ1) is 16.3. The first-order valence-electron chi connectivity index (χ1n) is 7.99. The molecule has 2 fully saturated rings.